The molecule has 1 heterocycles. The largest absolute Gasteiger partial charge is 0.302 e. The Morgan fingerprint density at radius 1 is 0.939 bits per heavy atom. The van der Waals surface area contributed by atoms with E-state index in [-0.39, 0.29) is 17.5 Å². The third-order valence-corrected chi connectivity index (χ3v) is 7.50. The van der Waals surface area contributed by atoms with Crippen molar-refractivity contribution >= 4 is 29.5 Å². The summed E-state index contributed by atoms with van der Waals surface area (Å²) in [5.41, 5.74) is 2.73. The number of hydrogen-bond donors (Lipinski definition) is 0. The van der Waals surface area contributed by atoms with E-state index in [2.05, 4.69) is 0 Å². The zero-order valence-electron chi connectivity index (χ0n) is 17.6. The molecule has 2 amide bonds. The van der Waals surface area contributed by atoms with Crippen molar-refractivity contribution in [1.82, 2.24) is 0 Å². The number of anilines is 1. The SMILES string of the molecule is Cc1cc([N+](=O)[O-])ccc1N1C(=O)C2C3c4ccccc4C(C=O)(c4ccccc43)C2C1=O. The van der Waals surface area contributed by atoms with Crippen LogP contribution in [0.5, 0.6) is 0 Å². The van der Waals surface area contributed by atoms with Gasteiger partial charge in [0.2, 0.25) is 11.8 Å². The number of nitrogens with zero attached hydrogens (tertiary/aromatic N) is 2. The standard InChI is InChI=1S/C26H18N2O5/c1-14-12-15(28(32)33)10-11-20(14)27-24(30)22-21-16-6-2-4-8-18(16)26(13-29,23(22)25(27)31)19-9-5-3-7-17(19)21/h2-13,21-23H,1H3. The quantitative estimate of drug-likeness (QED) is 0.269. The zero-order valence-corrected chi connectivity index (χ0v) is 17.6. The number of nitro benzene ring substituents is 1. The van der Waals surface area contributed by atoms with Gasteiger partial charge in [-0.25, -0.2) is 4.90 Å². The Bertz CT molecular complexity index is 1360. The van der Waals surface area contributed by atoms with E-state index >= 15 is 0 Å². The molecule has 3 aromatic rings. The zero-order chi connectivity index (χ0) is 23.1. The summed E-state index contributed by atoms with van der Waals surface area (Å²) in [6.45, 7) is 1.64. The van der Waals surface area contributed by atoms with Crippen molar-refractivity contribution in [2.45, 2.75) is 18.3 Å². The van der Waals surface area contributed by atoms with Crippen molar-refractivity contribution in [3.63, 3.8) is 0 Å². The fourth-order valence-electron chi connectivity index (χ4n) is 6.27. The van der Waals surface area contributed by atoms with Crippen LogP contribution >= 0.6 is 0 Å². The van der Waals surface area contributed by atoms with Gasteiger partial charge < -0.3 is 4.79 Å². The van der Waals surface area contributed by atoms with Gasteiger partial charge in [-0.3, -0.25) is 19.7 Å². The minimum Gasteiger partial charge on any atom is -0.302 e. The number of benzene rings is 3. The smallest absolute Gasteiger partial charge is 0.269 e. The topological polar surface area (TPSA) is 97.6 Å². The number of nitro groups is 1. The van der Waals surface area contributed by atoms with Crippen molar-refractivity contribution < 1.29 is 19.3 Å². The first kappa shape index (κ1) is 19.5. The summed E-state index contributed by atoms with van der Waals surface area (Å²) in [5, 5.41) is 11.2. The summed E-state index contributed by atoms with van der Waals surface area (Å²) in [4.78, 5) is 52.5. The second-order valence-corrected chi connectivity index (χ2v) is 8.88. The van der Waals surface area contributed by atoms with E-state index < -0.39 is 28.1 Å². The lowest BCUT2D eigenvalue weighted by Gasteiger charge is -2.51. The molecule has 1 aliphatic heterocycles. The lowest BCUT2D eigenvalue weighted by atomic mass is 9.48. The van der Waals surface area contributed by atoms with Crippen LogP contribution in [0.1, 0.15) is 33.7 Å². The molecule has 2 bridgehead atoms. The molecular formula is C26H18N2O5. The van der Waals surface area contributed by atoms with Gasteiger partial charge in [-0.15, -0.1) is 0 Å². The van der Waals surface area contributed by atoms with E-state index in [9.17, 15) is 24.5 Å². The summed E-state index contributed by atoms with van der Waals surface area (Å²) in [5.74, 6) is -2.75. The van der Waals surface area contributed by atoms with E-state index in [4.69, 9.17) is 0 Å². The van der Waals surface area contributed by atoms with Gasteiger partial charge in [0, 0.05) is 18.1 Å². The molecule has 4 aliphatic rings. The molecule has 1 saturated heterocycles. The van der Waals surface area contributed by atoms with Crippen molar-refractivity contribution in [3.8, 4) is 0 Å². The predicted molar refractivity (Wildman–Crippen MR) is 119 cm³/mol. The molecule has 7 nitrogen and oxygen atoms in total. The molecule has 1 fully saturated rings. The molecule has 0 spiro atoms. The molecular weight excluding hydrogens is 420 g/mol. The Morgan fingerprint density at radius 3 is 2.09 bits per heavy atom. The van der Waals surface area contributed by atoms with Crippen LogP contribution in [0.4, 0.5) is 11.4 Å². The number of aryl methyl sites for hydroxylation is 1. The highest BCUT2D eigenvalue weighted by Crippen LogP contribution is 2.63. The predicted octanol–water partition coefficient (Wildman–Crippen LogP) is 3.65. The molecule has 3 aliphatic carbocycles. The Hall–Kier alpha value is -4.13. The van der Waals surface area contributed by atoms with Crippen LogP contribution in [-0.2, 0) is 19.8 Å². The lowest BCUT2D eigenvalue weighted by molar-refractivity contribution is -0.384. The van der Waals surface area contributed by atoms with Crippen molar-refractivity contribution in [2.24, 2.45) is 11.8 Å². The monoisotopic (exact) mass is 438 g/mol. The number of carbonyl (C=O) groups excluding carboxylic acids is 3. The van der Waals surface area contributed by atoms with E-state index in [1.54, 1.807) is 6.92 Å². The van der Waals surface area contributed by atoms with Crippen molar-refractivity contribution in [1.29, 1.82) is 0 Å². The van der Waals surface area contributed by atoms with Crippen LogP contribution in [0.15, 0.2) is 66.7 Å². The van der Waals surface area contributed by atoms with Gasteiger partial charge >= 0.3 is 0 Å². The van der Waals surface area contributed by atoms with Crippen LogP contribution in [0, 0.1) is 28.9 Å². The molecule has 2 atom stereocenters. The molecule has 0 aromatic heterocycles. The Kier molecular flexibility index (Phi) is 3.82. The van der Waals surface area contributed by atoms with Gasteiger partial charge in [-0.2, -0.15) is 0 Å². The maximum absolute atomic E-state index is 13.9. The number of non-ortho nitro benzene ring substituents is 1. The first-order chi connectivity index (χ1) is 15.9. The van der Waals surface area contributed by atoms with Gasteiger partial charge in [0.25, 0.3) is 5.69 Å². The molecule has 2 unspecified atom stereocenters. The molecule has 162 valence electrons. The first-order valence-corrected chi connectivity index (χ1v) is 10.7. The van der Waals surface area contributed by atoms with E-state index in [1.807, 2.05) is 48.5 Å². The van der Waals surface area contributed by atoms with Gasteiger partial charge in [0.1, 0.15) is 6.29 Å². The number of hydrogen-bond acceptors (Lipinski definition) is 5. The lowest BCUT2D eigenvalue weighted by Crippen LogP contribution is -2.54. The molecule has 0 saturated carbocycles. The van der Waals surface area contributed by atoms with Crippen molar-refractivity contribution in [3.05, 3.63) is 105 Å². The third-order valence-electron chi connectivity index (χ3n) is 7.50. The summed E-state index contributed by atoms with van der Waals surface area (Å²) in [7, 11) is 0. The fourth-order valence-corrected chi connectivity index (χ4v) is 6.27. The van der Waals surface area contributed by atoms with Gasteiger partial charge in [0.15, 0.2) is 0 Å². The van der Waals surface area contributed by atoms with E-state index in [0.29, 0.717) is 11.3 Å². The molecule has 0 radical (unpaired) electrons. The summed E-state index contributed by atoms with van der Waals surface area (Å²) >= 11 is 0. The molecule has 0 N–H and O–H groups in total. The van der Waals surface area contributed by atoms with Gasteiger partial charge in [-0.1, -0.05) is 48.5 Å². The highest BCUT2D eigenvalue weighted by Gasteiger charge is 2.68. The van der Waals surface area contributed by atoms with Crippen LogP contribution < -0.4 is 4.90 Å². The summed E-state index contributed by atoms with van der Waals surface area (Å²) < 4.78 is 0. The normalized spacial score (nSPS) is 26.6. The van der Waals surface area contributed by atoms with Gasteiger partial charge in [0.05, 0.1) is 27.9 Å². The molecule has 7 rings (SSSR count). The Morgan fingerprint density at radius 2 is 1.55 bits per heavy atom. The second-order valence-electron chi connectivity index (χ2n) is 8.88. The van der Waals surface area contributed by atoms with Crippen LogP contribution in [0.25, 0.3) is 0 Å². The first-order valence-electron chi connectivity index (χ1n) is 10.7. The van der Waals surface area contributed by atoms with Crippen LogP contribution in [-0.4, -0.2) is 23.0 Å². The van der Waals surface area contributed by atoms with Gasteiger partial charge in [-0.05, 0) is 40.8 Å². The number of imide groups is 1. The fraction of sp³-hybridized carbons (Fsp3) is 0.192. The highest BCUT2D eigenvalue weighted by molar-refractivity contribution is 6.25. The number of rotatable bonds is 3. The number of amides is 2. The number of aldehydes is 1. The Balaban J connectivity index is 1.60. The van der Waals surface area contributed by atoms with Crippen molar-refractivity contribution in [2.75, 3.05) is 4.90 Å². The molecule has 33 heavy (non-hydrogen) atoms. The minimum atomic E-state index is -1.26. The maximum atomic E-state index is 13.9. The minimum absolute atomic E-state index is 0.114. The average molecular weight is 438 g/mol. The maximum Gasteiger partial charge on any atom is 0.269 e. The average Bonchev–Trinajstić information content (AvgIpc) is 3.10. The number of carbonyl (C=O) groups is 3. The third kappa shape index (κ3) is 2.21. The van der Waals surface area contributed by atoms with E-state index in [0.717, 1.165) is 33.4 Å². The van der Waals surface area contributed by atoms with Crippen LogP contribution in [0.3, 0.4) is 0 Å². The summed E-state index contributed by atoms with van der Waals surface area (Å²) in [6.07, 6.45) is 0.828. The highest BCUT2D eigenvalue weighted by atomic mass is 16.6. The molecule has 7 heteroatoms. The second kappa shape index (κ2) is 6.45. The van der Waals surface area contributed by atoms with Crippen LogP contribution in [0.2, 0.25) is 0 Å². The Labute approximate surface area is 188 Å². The van der Waals surface area contributed by atoms with E-state index in [1.165, 1.54) is 18.2 Å². The molecule has 3 aromatic carbocycles. The summed E-state index contributed by atoms with van der Waals surface area (Å²) in [6, 6.07) is 19.2.